The number of methoxy groups -OCH3 is 1. The second kappa shape index (κ2) is 15.3. The summed E-state index contributed by atoms with van der Waals surface area (Å²) in [6, 6.07) is 0. The molecule has 6 N–H and O–H groups in total. The lowest BCUT2D eigenvalue weighted by molar-refractivity contribution is -0.348. The van der Waals surface area contributed by atoms with Crippen LogP contribution in [0.4, 0.5) is 0 Å². The Morgan fingerprint density at radius 2 is 1.48 bits per heavy atom. The number of rotatable bonds is 10. The fraction of sp³-hybridized carbons (Fsp3) is 0.966. The van der Waals surface area contributed by atoms with Gasteiger partial charge in [0.05, 0.1) is 32.0 Å². The summed E-state index contributed by atoms with van der Waals surface area (Å²) in [5.74, 6) is -0.421. The van der Waals surface area contributed by atoms with Crippen LogP contribution >= 0.6 is 0 Å². The highest BCUT2D eigenvalue weighted by molar-refractivity contribution is 5.74. The molecule has 2 saturated heterocycles. The van der Waals surface area contributed by atoms with Crippen LogP contribution in [-0.4, -0.2) is 130 Å². The van der Waals surface area contributed by atoms with Crippen LogP contribution in [-0.2, 0) is 33.2 Å². The van der Waals surface area contributed by atoms with Crippen molar-refractivity contribution in [1.29, 1.82) is 0 Å². The van der Waals surface area contributed by atoms with Crippen molar-refractivity contribution < 1.29 is 63.9 Å². The van der Waals surface area contributed by atoms with Crippen molar-refractivity contribution in [2.24, 2.45) is 11.8 Å². The number of esters is 1. The molecular formula is C29H50O13. The molecule has 4 rings (SSSR count). The van der Waals surface area contributed by atoms with E-state index in [2.05, 4.69) is 0 Å². The molecule has 2 heterocycles. The standard InChI is InChI=1S/C29H50O13/c1-14-8-7-11-17(25(14)42-28-23(34)22(33)20(31)15(2)38-28)40-29-24(35)26(21(32)19(13-30)41-29)39-18(27(36)37-3)12-16-9-5-4-6-10-16/h14-26,28-35H,4-13H2,1-3H3/t14?,15?,17?,18-,19?,20?,21?,22?,23?,24?,25?,26?,28?,29?/m0/s1. The maximum Gasteiger partial charge on any atom is 0.334 e. The van der Waals surface area contributed by atoms with Gasteiger partial charge in [-0.3, -0.25) is 0 Å². The second-order valence-corrected chi connectivity index (χ2v) is 12.4. The largest absolute Gasteiger partial charge is 0.467 e. The third-order valence-corrected chi connectivity index (χ3v) is 9.36. The summed E-state index contributed by atoms with van der Waals surface area (Å²) in [7, 11) is 1.26. The molecular weight excluding hydrogens is 556 g/mol. The van der Waals surface area contributed by atoms with Gasteiger partial charge < -0.3 is 59.1 Å². The minimum Gasteiger partial charge on any atom is -0.467 e. The fourth-order valence-corrected chi connectivity index (χ4v) is 6.74. The predicted octanol–water partition coefficient (Wildman–Crippen LogP) is -0.259. The van der Waals surface area contributed by atoms with Crippen LogP contribution in [0.3, 0.4) is 0 Å². The normalized spacial score (nSPS) is 44.5. The van der Waals surface area contributed by atoms with E-state index in [1.54, 1.807) is 6.92 Å². The van der Waals surface area contributed by atoms with Gasteiger partial charge in [-0.15, -0.1) is 0 Å². The van der Waals surface area contributed by atoms with Gasteiger partial charge in [0.25, 0.3) is 0 Å². The molecule has 2 aliphatic heterocycles. The molecule has 13 nitrogen and oxygen atoms in total. The van der Waals surface area contributed by atoms with Crippen LogP contribution in [0.25, 0.3) is 0 Å². The zero-order valence-corrected chi connectivity index (χ0v) is 24.8. The van der Waals surface area contributed by atoms with Crippen molar-refractivity contribution in [2.75, 3.05) is 13.7 Å². The summed E-state index contributed by atoms with van der Waals surface area (Å²) in [4.78, 5) is 12.7. The molecule has 2 aliphatic carbocycles. The smallest absolute Gasteiger partial charge is 0.334 e. The summed E-state index contributed by atoms with van der Waals surface area (Å²) in [6.45, 7) is 2.93. The Kier molecular flexibility index (Phi) is 12.4. The van der Waals surface area contributed by atoms with Crippen LogP contribution in [0.5, 0.6) is 0 Å². The monoisotopic (exact) mass is 606 g/mol. The van der Waals surface area contributed by atoms with Crippen molar-refractivity contribution in [3.63, 3.8) is 0 Å². The summed E-state index contributed by atoms with van der Waals surface area (Å²) >= 11 is 0. The van der Waals surface area contributed by atoms with E-state index in [1.165, 1.54) is 7.11 Å². The molecule has 4 fully saturated rings. The third kappa shape index (κ3) is 7.81. The van der Waals surface area contributed by atoms with Gasteiger partial charge in [-0.25, -0.2) is 4.79 Å². The van der Waals surface area contributed by atoms with Crippen molar-refractivity contribution >= 4 is 5.97 Å². The number of aliphatic hydroxyl groups is 6. The SMILES string of the molecule is COC(=O)[C@H](CC1CCCCC1)OC1C(O)C(CO)OC(OC2CCCC(C)C2OC2OC(C)C(O)C(O)C2O)C1O. The van der Waals surface area contributed by atoms with Crippen molar-refractivity contribution in [1.82, 2.24) is 0 Å². The molecule has 13 heteroatoms. The molecule has 0 aromatic rings. The summed E-state index contributed by atoms with van der Waals surface area (Å²) in [5.41, 5.74) is 0. The van der Waals surface area contributed by atoms with E-state index >= 15 is 0 Å². The molecule has 0 aromatic heterocycles. The molecule has 13 unspecified atom stereocenters. The Bertz CT molecular complexity index is 840. The Hall–Kier alpha value is -0.970. The molecule has 4 aliphatic rings. The lowest BCUT2D eigenvalue weighted by Gasteiger charge is -2.47. The number of hydrogen-bond donors (Lipinski definition) is 6. The van der Waals surface area contributed by atoms with Crippen LogP contribution in [0, 0.1) is 11.8 Å². The molecule has 0 radical (unpaired) electrons. The maximum atomic E-state index is 12.7. The second-order valence-electron chi connectivity index (χ2n) is 12.4. The van der Waals surface area contributed by atoms with E-state index < -0.39 is 92.3 Å². The first-order chi connectivity index (χ1) is 20.0. The van der Waals surface area contributed by atoms with Crippen LogP contribution in [0.2, 0.25) is 0 Å². The highest BCUT2D eigenvalue weighted by atomic mass is 16.7. The topological polar surface area (TPSA) is 194 Å². The average Bonchev–Trinajstić information content (AvgIpc) is 2.99. The maximum absolute atomic E-state index is 12.7. The molecule has 42 heavy (non-hydrogen) atoms. The molecule has 0 bridgehead atoms. The van der Waals surface area contributed by atoms with Gasteiger partial charge in [-0.2, -0.15) is 0 Å². The molecule has 244 valence electrons. The Morgan fingerprint density at radius 3 is 2.14 bits per heavy atom. The zero-order chi connectivity index (χ0) is 30.6. The minimum atomic E-state index is -1.52. The van der Waals surface area contributed by atoms with Gasteiger partial charge in [0.1, 0.15) is 42.7 Å². The Labute approximate surface area is 247 Å². The number of carbonyl (C=O) groups is 1. The van der Waals surface area contributed by atoms with E-state index in [0.717, 1.165) is 44.9 Å². The van der Waals surface area contributed by atoms with Crippen LogP contribution in [0.1, 0.15) is 71.6 Å². The molecule has 2 saturated carbocycles. The number of carbonyl (C=O) groups excluding carboxylic acids is 1. The number of ether oxygens (including phenoxy) is 6. The zero-order valence-electron chi connectivity index (χ0n) is 24.8. The van der Waals surface area contributed by atoms with Gasteiger partial charge in [-0.05, 0) is 38.0 Å². The van der Waals surface area contributed by atoms with E-state index in [9.17, 15) is 35.4 Å². The number of aliphatic hydroxyl groups excluding tert-OH is 6. The van der Waals surface area contributed by atoms with E-state index in [4.69, 9.17) is 28.4 Å². The quantitative estimate of drug-likeness (QED) is 0.178. The molecule has 0 spiro atoms. The summed E-state index contributed by atoms with van der Waals surface area (Å²) in [5, 5.41) is 63.1. The van der Waals surface area contributed by atoms with E-state index in [1.807, 2.05) is 6.92 Å². The van der Waals surface area contributed by atoms with Crippen molar-refractivity contribution in [3.8, 4) is 0 Å². The van der Waals surface area contributed by atoms with Crippen molar-refractivity contribution in [3.05, 3.63) is 0 Å². The van der Waals surface area contributed by atoms with Gasteiger partial charge >= 0.3 is 5.97 Å². The van der Waals surface area contributed by atoms with Gasteiger partial charge in [0, 0.05) is 0 Å². The molecule has 0 amide bonds. The predicted molar refractivity (Wildman–Crippen MR) is 145 cm³/mol. The minimum absolute atomic E-state index is 0.0648. The van der Waals surface area contributed by atoms with Crippen LogP contribution < -0.4 is 0 Å². The van der Waals surface area contributed by atoms with Crippen LogP contribution in [0.15, 0.2) is 0 Å². The molecule has 0 aromatic carbocycles. The first-order valence-corrected chi connectivity index (χ1v) is 15.4. The first kappa shape index (κ1) is 33.9. The highest BCUT2D eigenvalue weighted by Crippen LogP contribution is 2.36. The Morgan fingerprint density at radius 1 is 0.786 bits per heavy atom. The van der Waals surface area contributed by atoms with E-state index in [0.29, 0.717) is 12.8 Å². The lowest BCUT2D eigenvalue weighted by Crippen LogP contribution is -2.63. The van der Waals surface area contributed by atoms with Gasteiger partial charge in [0.15, 0.2) is 18.7 Å². The molecule has 14 atom stereocenters. The van der Waals surface area contributed by atoms with Crippen molar-refractivity contribution in [2.45, 2.75) is 151 Å². The third-order valence-electron chi connectivity index (χ3n) is 9.36. The summed E-state index contributed by atoms with van der Waals surface area (Å²) < 4.78 is 34.8. The summed E-state index contributed by atoms with van der Waals surface area (Å²) in [6.07, 6.45) is -7.68. The van der Waals surface area contributed by atoms with Gasteiger partial charge in [-0.1, -0.05) is 45.4 Å². The first-order valence-electron chi connectivity index (χ1n) is 15.4. The van der Waals surface area contributed by atoms with E-state index in [-0.39, 0.29) is 11.8 Å². The van der Waals surface area contributed by atoms with Gasteiger partial charge in [0.2, 0.25) is 0 Å². The fourth-order valence-electron chi connectivity index (χ4n) is 6.74. The lowest BCUT2D eigenvalue weighted by atomic mass is 9.85. The number of hydrogen-bond acceptors (Lipinski definition) is 13. The Balaban J connectivity index is 1.48. The average molecular weight is 607 g/mol. The highest BCUT2D eigenvalue weighted by Gasteiger charge is 2.50.